The van der Waals surface area contributed by atoms with E-state index in [0.29, 0.717) is 0 Å². The first-order chi connectivity index (χ1) is 7.83. The summed E-state index contributed by atoms with van der Waals surface area (Å²) in [5.41, 5.74) is 5.23. The van der Waals surface area contributed by atoms with E-state index in [0.717, 1.165) is 0 Å². The van der Waals surface area contributed by atoms with Crippen molar-refractivity contribution in [1.82, 2.24) is 0 Å². The summed E-state index contributed by atoms with van der Waals surface area (Å²) in [6.07, 6.45) is 4.23. The second kappa shape index (κ2) is 4.80. The molecule has 0 aromatic heterocycles. The fourth-order valence-corrected chi connectivity index (χ4v) is 1.94. The van der Waals surface area contributed by atoms with E-state index >= 15 is 0 Å². The number of allylic oxidation sites excluding steroid dienone is 1. The van der Waals surface area contributed by atoms with Crippen LogP contribution in [0.3, 0.4) is 0 Å². The van der Waals surface area contributed by atoms with E-state index in [4.69, 9.17) is 0 Å². The molecule has 0 heteroatoms. The largest absolute Gasteiger partial charge is 0.0871 e. The zero-order valence-corrected chi connectivity index (χ0v) is 9.77. The van der Waals surface area contributed by atoms with Gasteiger partial charge in [0.15, 0.2) is 0 Å². The van der Waals surface area contributed by atoms with Gasteiger partial charge in [-0.15, -0.1) is 0 Å². The fraction of sp³-hybridized carbons (Fsp3) is 0.125. The molecule has 0 aliphatic heterocycles. The highest BCUT2D eigenvalue weighted by atomic mass is 14.1. The molecule has 0 unspecified atom stereocenters. The van der Waals surface area contributed by atoms with Crippen LogP contribution in [0.2, 0.25) is 0 Å². The first-order valence-corrected chi connectivity index (χ1v) is 5.60. The van der Waals surface area contributed by atoms with Crippen LogP contribution in [0.25, 0.3) is 17.2 Å². The molecule has 16 heavy (non-hydrogen) atoms. The quantitative estimate of drug-likeness (QED) is 0.671. The van der Waals surface area contributed by atoms with E-state index in [1.165, 1.54) is 22.3 Å². The highest BCUT2D eigenvalue weighted by Crippen LogP contribution is 2.25. The molecule has 2 aromatic carbocycles. The smallest absolute Gasteiger partial charge is 0.0149 e. The highest BCUT2D eigenvalue weighted by Gasteiger charge is 2.03. The molecule has 0 bridgehead atoms. The lowest BCUT2D eigenvalue weighted by molar-refractivity contribution is 1.43. The summed E-state index contributed by atoms with van der Waals surface area (Å²) in [5.74, 6) is 0. The van der Waals surface area contributed by atoms with Crippen LogP contribution in [0, 0.1) is 6.92 Å². The highest BCUT2D eigenvalue weighted by molar-refractivity contribution is 5.72. The van der Waals surface area contributed by atoms with Crippen LogP contribution >= 0.6 is 0 Å². The van der Waals surface area contributed by atoms with Crippen LogP contribution in [0.1, 0.15) is 18.1 Å². The Hall–Kier alpha value is -1.82. The zero-order chi connectivity index (χ0) is 11.4. The van der Waals surface area contributed by atoms with Crippen molar-refractivity contribution in [2.75, 3.05) is 0 Å². The van der Waals surface area contributed by atoms with Crippen molar-refractivity contribution in [3.8, 4) is 11.1 Å². The van der Waals surface area contributed by atoms with Gasteiger partial charge >= 0.3 is 0 Å². The Balaban J connectivity index is 2.54. The maximum atomic E-state index is 2.18. The molecule has 2 aromatic rings. The van der Waals surface area contributed by atoms with Crippen LogP contribution in [-0.4, -0.2) is 0 Å². The van der Waals surface area contributed by atoms with Crippen molar-refractivity contribution in [3.05, 3.63) is 65.7 Å². The lowest BCUT2D eigenvalue weighted by atomic mass is 9.96. The van der Waals surface area contributed by atoms with Gasteiger partial charge in [-0.25, -0.2) is 0 Å². The monoisotopic (exact) mass is 208 g/mol. The van der Waals surface area contributed by atoms with E-state index in [-0.39, 0.29) is 0 Å². The van der Waals surface area contributed by atoms with Crippen LogP contribution < -0.4 is 0 Å². The Kier molecular flexibility index (Phi) is 3.21. The molecule has 0 amide bonds. The Morgan fingerprint density at radius 2 is 1.62 bits per heavy atom. The maximum Gasteiger partial charge on any atom is -0.0149 e. The first kappa shape index (κ1) is 10.7. The minimum atomic E-state index is 1.28. The summed E-state index contributed by atoms with van der Waals surface area (Å²) >= 11 is 0. The Morgan fingerprint density at radius 1 is 0.875 bits per heavy atom. The average molecular weight is 208 g/mol. The van der Waals surface area contributed by atoms with Crippen molar-refractivity contribution in [2.24, 2.45) is 0 Å². The zero-order valence-electron chi connectivity index (χ0n) is 9.77. The van der Waals surface area contributed by atoms with Crippen LogP contribution in [0.5, 0.6) is 0 Å². The van der Waals surface area contributed by atoms with Gasteiger partial charge < -0.3 is 0 Å². The predicted octanol–water partition coefficient (Wildman–Crippen LogP) is 4.70. The van der Waals surface area contributed by atoms with Crippen molar-refractivity contribution in [1.29, 1.82) is 0 Å². The number of hydrogen-bond donors (Lipinski definition) is 0. The molecule has 0 heterocycles. The summed E-state index contributed by atoms with van der Waals surface area (Å²) in [5, 5.41) is 0. The molecular formula is C16H16. The normalized spacial score (nSPS) is 10.9. The Labute approximate surface area is 97.3 Å². The van der Waals surface area contributed by atoms with Gasteiger partial charge in [-0.05, 0) is 36.1 Å². The Bertz CT molecular complexity index is 493. The van der Waals surface area contributed by atoms with Gasteiger partial charge in [0, 0.05) is 0 Å². The maximum absolute atomic E-state index is 2.18. The molecule has 0 atom stereocenters. The van der Waals surface area contributed by atoms with Gasteiger partial charge in [0.25, 0.3) is 0 Å². The molecular weight excluding hydrogens is 192 g/mol. The number of benzene rings is 2. The van der Waals surface area contributed by atoms with Gasteiger partial charge in [-0.2, -0.15) is 0 Å². The molecule has 0 N–H and O–H groups in total. The minimum Gasteiger partial charge on any atom is -0.0871 e. The molecule has 0 fully saturated rings. The van der Waals surface area contributed by atoms with Gasteiger partial charge in [-0.3, -0.25) is 0 Å². The molecule has 2 rings (SSSR count). The average Bonchev–Trinajstić information content (AvgIpc) is 2.33. The van der Waals surface area contributed by atoms with Gasteiger partial charge in [0.2, 0.25) is 0 Å². The summed E-state index contributed by atoms with van der Waals surface area (Å²) in [7, 11) is 0. The van der Waals surface area contributed by atoms with Crippen molar-refractivity contribution in [3.63, 3.8) is 0 Å². The summed E-state index contributed by atoms with van der Waals surface area (Å²) in [6.45, 7) is 4.23. The number of hydrogen-bond acceptors (Lipinski definition) is 0. The van der Waals surface area contributed by atoms with Crippen LogP contribution in [0.15, 0.2) is 54.6 Å². The third kappa shape index (κ3) is 2.06. The van der Waals surface area contributed by atoms with E-state index < -0.39 is 0 Å². The molecule has 80 valence electrons. The van der Waals surface area contributed by atoms with E-state index in [1.54, 1.807) is 0 Å². The summed E-state index contributed by atoms with van der Waals surface area (Å²) in [4.78, 5) is 0. The fourth-order valence-electron chi connectivity index (χ4n) is 1.94. The Morgan fingerprint density at radius 3 is 2.31 bits per heavy atom. The molecule has 0 spiro atoms. The third-order valence-corrected chi connectivity index (χ3v) is 2.81. The summed E-state index contributed by atoms with van der Waals surface area (Å²) < 4.78 is 0. The standard InChI is InChI=1S/C16H16/c1-3-8-14-11-7-12-16(13(14)2)15-9-5-4-6-10-15/h3-12H,1-2H3/b8-3-. The van der Waals surface area contributed by atoms with Crippen LogP contribution in [-0.2, 0) is 0 Å². The molecule has 0 saturated heterocycles. The van der Waals surface area contributed by atoms with Gasteiger partial charge in [-0.1, -0.05) is 60.7 Å². The van der Waals surface area contributed by atoms with Crippen molar-refractivity contribution in [2.45, 2.75) is 13.8 Å². The SMILES string of the molecule is C/C=C\c1cccc(-c2ccccc2)c1C. The van der Waals surface area contributed by atoms with E-state index in [9.17, 15) is 0 Å². The molecule has 0 nitrogen and oxygen atoms in total. The number of rotatable bonds is 2. The summed E-state index contributed by atoms with van der Waals surface area (Å²) in [6, 6.07) is 17.0. The molecule has 0 aliphatic carbocycles. The van der Waals surface area contributed by atoms with Crippen LogP contribution in [0.4, 0.5) is 0 Å². The second-order valence-electron chi connectivity index (χ2n) is 3.89. The first-order valence-electron chi connectivity index (χ1n) is 5.60. The second-order valence-corrected chi connectivity index (χ2v) is 3.89. The van der Waals surface area contributed by atoms with Crippen molar-refractivity contribution >= 4 is 6.08 Å². The molecule has 0 saturated carbocycles. The lowest BCUT2D eigenvalue weighted by Crippen LogP contribution is -1.86. The van der Waals surface area contributed by atoms with E-state index in [1.807, 2.05) is 0 Å². The minimum absolute atomic E-state index is 1.28. The van der Waals surface area contributed by atoms with Gasteiger partial charge in [0.1, 0.15) is 0 Å². The third-order valence-electron chi connectivity index (χ3n) is 2.81. The van der Waals surface area contributed by atoms with Gasteiger partial charge in [0.05, 0.1) is 0 Å². The van der Waals surface area contributed by atoms with E-state index in [2.05, 4.69) is 74.5 Å². The lowest BCUT2D eigenvalue weighted by Gasteiger charge is -2.08. The van der Waals surface area contributed by atoms with Crippen molar-refractivity contribution < 1.29 is 0 Å². The molecule has 0 aliphatic rings. The molecule has 0 radical (unpaired) electrons. The predicted molar refractivity (Wildman–Crippen MR) is 71.3 cm³/mol. The topological polar surface area (TPSA) is 0 Å².